The first kappa shape index (κ1) is 28.4. The van der Waals surface area contributed by atoms with Crippen LogP contribution in [0.4, 0.5) is 5.69 Å². The van der Waals surface area contributed by atoms with E-state index in [4.69, 9.17) is 10.5 Å². The van der Waals surface area contributed by atoms with E-state index in [0.717, 1.165) is 61.9 Å². The van der Waals surface area contributed by atoms with Gasteiger partial charge in [0.15, 0.2) is 11.7 Å². The SMILES string of the molecule is CN(C)C1CCCCC1C(=O)CN1Cc2cc(OCCCC(=O)N(CCO)C3CCCC3)ccc2N=C1N. The molecule has 210 valence electrons. The van der Waals surface area contributed by atoms with Gasteiger partial charge in [-0.15, -0.1) is 0 Å². The second-order valence-corrected chi connectivity index (χ2v) is 11.2. The number of aliphatic hydroxyl groups excluding tert-OH is 1. The average molecular weight is 528 g/mol. The number of aliphatic imine (C=N–C) groups is 1. The summed E-state index contributed by atoms with van der Waals surface area (Å²) < 4.78 is 5.98. The van der Waals surface area contributed by atoms with Crippen LogP contribution < -0.4 is 10.5 Å². The number of benzene rings is 1. The number of carbonyl (C=O) groups excluding carboxylic acids is 2. The Morgan fingerprint density at radius 2 is 1.87 bits per heavy atom. The quantitative estimate of drug-likeness (QED) is 0.402. The number of ether oxygens (including phenoxy) is 1. The van der Waals surface area contributed by atoms with Gasteiger partial charge in [0.05, 0.1) is 25.4 Å². The van der Waals surface area contributed by atoms with Gasteiger partial charge in [-0.1, -0.05) is 25.7 Å². The van der Waals surface area contributed by atoms with Crippen molar-refractivity contribution in [1.29, 1.82) is 0 Å². The van der Waals surface area contributed by atoms with E-state index in [1.54, 1.807) is 0 Å². The van der Waals surface area contributed by atoms with Crippen molar-refractivity contribution in [3.8, 4) is 5.75 Å². The molecule has 2 aliphatic carbocycles. The van der Waals surface area contributed by atoms with Gasteiger partial charge in [0.25, 0.3) is 0 Å². The normalized spacial score (nSPS) is 21.8. The largest absolute Gasteiger partial charge is 0.494 e. The Morgan fingerprint density at radius 1 is 1.13 bits per heavy atom. The molecule has 0 bridgehead atoms. The molecule has 2 saturated carbocycles. The summed E-state index contributed by atoms with van der Waals surface area (Å²) in [6.07, 6.45) is 9.65. The third kappa shape index (κ3) is 7.05. The molecule has 3 aliphatic rings. The average Bonchev–Trinajstić information content (AvgIpc) is 3.44. The van der Waals surface area contributed by atoms with Gasteiger partial charge in [-0.05, 0) is 64.4 Å². The third-order valence-corrected chi connectivity index (χ3v) is 8.35. The monoisotopic (exact) mass is 527 g/mol. The van der Waals surface area contributed by atoms with Crippen LogP contribution in [-0.2, 0) is 16.1 Å². The lowest BCUT2D eigenvalue weighted by molar-refractivity contribution is -0.134. The Balaban J connectivity index is 1.29. The van der Waals surface area contributed by atoms with Crippen LogP contribution in [0.25, 0.3) is 0 Å². The molecule has 1 heterocycles. The molecule has 9 heteroatoms. The van der Waals surface area contributed by atoms with Gasteiger partial charge in [-0.2, -0.15) is 0 Å². The van der Waals surface area contributed by atoms with Crippen LogP contribution in [0.5, 0.6) is 5.75 Å². The molecule has 1 aliphatic heterocycles. The highest BCUT2D eigenvalue weighted by molar-refractivity contribution is 5.90. The van der Waals surface area contributed by atoms with Gasteiger partial charge in [0, 0.05) is 43.1 Å². The maximum absolute atomic E-state index is 13.3. The molecule has 9 nitrogen and oxygen atoms in total. The molecule has 0 saturated heterocycles. The molecular formula is C29H45N5O4. The first-order valence-electron chi connectivity index (χ1n) is 14.3. The number of guanidine groups is 1. The molecule has 0 aromatic heterocycles. The number of ketones is 1. The fourth-order valence-electron chi connectivity index (χ4n) is 6.31. The minimum atomic E-state index is 0.000363. The molecule has 3 N–H and O–H groups in total. The standard InChI is InChI=1S/C29H45N5O4/c1-32(2)26-11-6-5-10-24(26)27(36)20-33-19-21-18-23(13-14-25(21)31-29(33)30)38-17-7-12-28(37)34(15-16-35)22-8-3-4-9-22/h13-14,18,22,24,26,35H,3-12,15-17,19-20H2,1-2H3,(H2,30,31). The van der Waals surface area contributed by atoms with Gasteiger partial charge in [-0.3, -0.25) is 9.59 Å². The zero-order valence-electron chi connectivity index (χ0n) is 23.1. The van der Waals surface area contributed by atoms with E-state index in [2.05, 4.69) is 24.0 Å². The molecule has 1 aromatic rings. The van der Waals surface area contributed by atoms with E-state index in [1.165, 1.54) is 6.42 Å². The topological polar surface area (TPSA) is 112 Å². The van der Waals surface area contributed by atoms with E-state index < -0.39 is 0 Å². The van der Waals surface area contributed by atoms with Gasteiger partial charge in [-0.25, -0.2) is 4.99 Å². The highest BCUT2D eigenvalue weighted by atomic mass is 16.5. The first-order chi connectivity index (χ1) is 18.4. The first-order valence-corrected chi connectivity index (χ1v) is 14.3. The number of aliphatic hydroxyl groups is 1. The molecule has 2 atom stereocenters. The molecule has 0 radical (unpaired) electrons. The van der Waals surface area contributed by atoms with Crippen molar-refractivity contribution in [3.05, 3.63) is 23.8 Å². The Bertz CT molecular complexity index is 991. The van der Waals surface area contributed by atoms with E-state index in [1.807, 2.05) is 28.0 Å². The van der Waals surface area contributed by atoms with Gasteiger partial charge in [0.1, 0.15) is 5.75 Å². The molecule has 2 fully saturated rings. The van der Waals surface area contributed by atoms with Crippen molar-refractivity contribution in [2.45, 2.75) is 82.8 Å². The number of fused-ring (bicyclic) bond motifs is 1. The highest BCUT2D eigenvalue weighted by Gasteiger charge is 2.33. The van der Waals surface area contributed by atoms with Crippen LogP contribution in [-0.4, -0.2) is 89.9 Å². The van der Waals surface area contributed by atoms with Crippen molar-refractivity contribution in [2.24, 2.45) is 16.6 Å². The minimum absolute atomic E-state index is 0.000363. The zero-order valence-corrected chi connectivity index (χ0v) is 23.1. The van der Waals surface area contributed by atoms with Gasteiger partial charge < -0.3 is 30.3 Å². The summed E-state index contributed by atoms with van der Waals surface area (Å²) >= 11 is 0. The summed E-state index contributed by atoms with van der Waals surface area (Å²) in [6.45, 7) is 1.63. The number of amides is 1. The van der Waals surface area contributed by atoms with E-state index in [0.29, 0.717) is 38.5 Å². The van der Waals surface area contributed by atoms with Crippen LogP contribution in [0.1, 0.15) is 69.8 Å². The number of carbonyl (C=O) groups is 2. The van der Waals surface area contributed by atoms with Crippen molar-refractivity contribution in [1.82, 2.24) is 14.7 Å². The summed E-state index contributed by atoms with van der Waals surface area (Å²) in [6, 6.07) is 6.29. The fraction of sp³-hybridized carbons (Fsp3) is 0.690. The van der Waals surface area contributed by atoms with Crippen LogP contribution in [0.2, 0.25) is 0 Å². The smallest absolute Gasteiger partial charge is 0.223 e. The zero-order chi connectivity index (χ0) is 27.1. The molecule has 38 heavy (non-hydrogen) atoms. The van der Waals surface area contributed by atoms with Crippen molar-refractivity contribution >= 4 is 23.3 Å². The van der Waals surface area contributed by atoms with Gasteiger partial charge >= 0.3 is 0 Å². The lowest BCUT2D eigenvalue weighted by Crippen LogP contribution is -2.47. The molecule has 0 spiro atoms. The summed E-state index contributed by atoms with van der Waals surface area (Å²) in [4.78, 5) is 36.5. The Labute approximate surface area is 227 Å². The van der Waals surface area contributed by atoms with Crippen molar-refractivity contribution in [3.63, 3.8) is 0 Å². The predicted octanol–water partition coefficient (Wildman–Crippen LogP) is 3.06. The number of nitrogens with zero attached hydrogens (tertiary/aromatic N) is 4. The van der Waals surface area contributed by atoms with Gasteiger partial charge in [0.2, 0.25) is 5.91 Å². The van der Waals surface area contributed by atoms with Crippen LogP contribution in [0.3, 0.4) is 0 Å². The lowest BCUT2D eigenvalue weighted by atomic mass is 9.81. The molecule has 2 unspecified atom stereocenters. The molecule has 4 rings (SSSR count). The van der Waals surface area contributed by atoms with E-state index in [9.17, 15) is 14.7 Å². The number of nitrogens with two attached hydrogens (primary N) is 1. The molecular weight excluding hydrogens is 482 g/mol. The van der Waals surface area contributed by atoms with Crippen LogP contribution >= 0.6 is 0 Å². The fourth-order valence-corrected chi connectivity index (χ4v) is 6.31. The molecule has 1 aromatic carbocycles. The highest BCUT2D eigenvalue weighted by Crippen LogP contribution is 2.32. The van der Waals surface area contributed by atoms with Crippen molar-refractivity contribution in [2.75, 3.05) is 40.4 Å². The van der Waals surface area contributed by atoms with Crippen LogP contribution in [0.15, 0.2) is 23.2 Å². The summed E-state index contributed by atoms with van der Waals surface area (Å²) in [7, 11) is 4.11. The number of hydrogen-bond donors (Lipinski definition) is 2. The third-order valence-electron chi connectivity index (χ3n) is 8.35. The Kier molecular flexibility index (Phi) is 10.0. The second-order valence-electron chi connectivity index (χ2n) is 11.2. The maximum Gasteiger partial charge on any atom is 0.223 e. The summed E-state index contributed by atoms with van der Waals surface area (Å²) in [5, 5.41) is 9.39. The summed E-state index contributed by atoms with van der Waals surface area (Å²) in [5.41, 5.74) is 8.03. The minimum Gasteiger partial charge on any atom is -0.494 e. The van der Waals surface area contributed by atoms with Crippen LogP contribution in [0, 0.1) is 5.92 Å². The predicted molar refractivity (Wildman–Crippen MR) is 148 cm³/mol. The second kappa shape index (κ2) is 13.4. The number of Topliss-reactive ketones (excluding diaryl/α,β-unsaturated/α-hetero) is 1. The summed E-state index contributed by atoms with van der Waals surface area (Å²) in [5.74, 6) is 1.47. The van der Waals surface area contributed by atoms with E-state index in [-0.39, 0.29) is 42.8 Å². The Morgan fingerprint density at radius 3 is 2.61 bits per heavy atom. The lowest BCUT2D eigenvalue weighted by Gasteiger charge is -2.37. The number of hydrogen-bond acceptors (Lipinski definition) is 8. The Hall–Kier alpha value is -2.65. The molecule has 1 amide bonds. The van der Waals surface area contributed by atoms with E-state index >= 15 is 0 Å². The van der Waals surface area contributed by atoms with Crippen molar-refractivity contribution < 1.29 is 19.4 Å². The number of rotatable bonds is 12. The maximum atomic E-state index is 13.3.